The summed E-state index contributed by atoms with van der Waals surface area (Å²) in [7, 11) is 0. The van der Waals surface area contributed by atoms with Crippen LogP contribution in [0.25, 0.3) is 0 Å². The Morgan fingerprint density at radius 3 is 2.33 bits per heavy atom. The van der Waals surface area contributed by atoms with E-state index in [-0.39, 0.29) is 6.54 Å². The maximum Gasteiger partial charge on any atom is 0.407 e. The van der Waals surface area contributed by atoms with Crippen molar-refractivity contribution in [2.75, 3.05) is 6.54 Å². The highest BCUT2D eigenvalue weighted by molar-refractivity contribution is 5.68. The number of rotatable bonds is 3. The molecule has 0 aromatic heterocycles. The molecule has 6 heteroatoms. The van der Waals surface area contributed by atoms with Crippen LogP contribution in [0.2, 0.25) is 0 Å². The lowest BCUT2D eigenvalue weighted by atomic mass is 10.2. The number of hydrogen-bond acceptors (Lipinski definition) is 4. The van der Waals surface area contributed by atoms with E-state index >= 15 is 0 Å². The number of carbonyl (C=O) groups is 2. The summed E-state index contributed by atoms with van der Waals surface area (Å²) < 4.78 is 9.57. The largest absolute Gasteiger partial charge is 0.445 e. The predicted molar refractivity (Wildman–Crippen MR) is 54.4 cm³/mol. The van der Waals surface area contributed by atoms with E-state index in [2.05, 4.69) is 10.1 Å². The van der Waals surface area contributed by atoms with E-state index in [4.69, 9.17) is 10.5 Å². The second-order valence-electron chi connectivity index (χ2n) is 4.13. The minimum Gasteiger partial charge on any atom is -0.445 e. The Balaban J connectivity index is 3.76. The first-order valence-electron chi connectivity index (χ1n) is 4.63. The molecule has 0 aliphatic heterocycles. The molecule has 15 heavy (non-hydrogen) atoms. The van der Waals surface area contributed by atoms with Crippen molar-refractivity contribution in [3.63, 3.8) is 0 Å². The molecule has 88 valence electrons. The minimum absolute atomic E-state index is 0.165. The molecule has 0 fully saturated rings. The molecule has 0 spiro atoms. The van der Waals surface area contributed by atoms with Gasteiger partial charge in [0.05, 0.1) is 6.54 Å². The van der Waals surface area contributed by atoms with E-state index in [1.54, 1.807) is 27.7 Å². The summed E-state index contributed by atoms with van der Waals surface area (Å²) in [5, 5.41) is 2.45. The molecule has 0 heterocycles. The smallest absolute Gasteiger partial charge is 0.407 e. The minimum atomic E-state index is -0.867. The Morgan fingerprint density at radius 1 is 1.40 bits per heavy atom. The molecule has 0 rings (SSSR count). The fourth-order valence-electron chi connectivity index (χ4n) is 0.781. The number of nitrogens with one attached hydrogen (secondary N) is 1. The molecule has 0 aliphatic rings. The molecule has 0 radical (unpaired) electrons. The fraction of sp³-hybridized carbons (Fsp3) is 0.778. The topological polar surface area (TPSA) is 90.7 Å². The van der Waals surface area contributed by atoms with Crippen molar-refractivity contribution in [1.29, 1.82) is 0 Å². The molecule has 0 aliphatic carbocycles. The van der Waals surface area contributed by atoms with Crippen LogP contribution < -0.4 is 11.1 Å². The molecular formula is C9H18N2O4. The van der Waals surface area contributed by atoms with Crippen molar-refractivity contribution in [3.05, 3.63) is 0 Å². The van der Waals surface area contributed by atoms with Crippen LogP contribution in [0.4, 0.5) is 9.59 Å². The average molecular weight is 218 g/mol. The van der Waals surface area contributed by atoms with Gasteiger partial charge in [0.15, 0.2) is 0 Å². The van der Waals surface area contributed by atoms with Crippen LogP contribution in [0.5, 0.6) is 0 Å². The zero-order valence-electron chi connectivity index (χ0n) is 9.49. The summed E-state index contributed by atoms with van der Waals surface area (Å²) >= 11 is 0. The first-order chi connectivity index (χ1) is 6.70. The number of alkyl carbamates (subject to hydrolysis) is 1. The van der Waals surface area contributed by atoms with Crippen LogP contribution in [0.3, 0.4) is 0 Å². The first kappa shape index (κ1) is 13.5. The van der Waals surface area contributed by atoms with Gasteiger partial charge in [0, 0.05) is 0 Å². The summed E-state index contributed by atoms with van der Waals surface area (Å²) in [5.74, 6) is 0. The lowest BCUT2D eigenvalue weighted by molar-refractivity contribution is 0.0483. The van der Waals surface area contributed by atoms with Crippen LogP contribution >= 0.6 is 0 Å². The van der Waals surface area contributed by atoms with Crippen molar-refractivity contribution in [2.45, 2.75) is 39.4 Å². The van der Waals surface area contributed by atoms with Crippen LogP contribution in [-0.4, -0.2) is 30.4 Å². The van der Waals surface area contributed by atoms with Gasteiger partial charge in [-0.1, -0.05) is 0 Å². The number of primary amides is 1. The van der Waals surface area contributed by atoms with E-state index < -0.39 is 23.9 Å². The molecule has 0 bridgehead atoms. The Hall–Kier alpha value is -1.46. The molecule has 2 amide bonds. The molecule has 6 nitrogen and oxygen atoms in total. The molecule has 0 aromatic rings. The molecule has 0 saturated heterocycles. The van der Waals surface area contributed by atoms with Gasteiger partial charge in [-0.25, -0.2) is 9.59 Å². The summed E-state index contributed by atoms with van der Waals surface area (Å²) in [5.41, 5.74) is 4.25. The molecular weight excluding hydrogens is 200 g/mol. The van der Waals surface area contributed by atoms with Crippen molar-refractivity contribution in [1.82, 2.24) is 5.32 Å². The van der Waals surface area contributed by atoms with Crippen LogP contribution in [0.15, 0.2) is 0 Å². The van der Waals surface area contributed by atoms with Gasteiger partial charge < -0.3 is 20.5 Å². The van der Waals surface area contributed by atoms with Gasteiger partial charge in [-0.2, -0.15) is 0 Å². The van der Waals surface area contributed by atoms with Crippen molar-refractivity contribution < 1.29 is 19.1 Å². The lowest BCUT2D eigenvalue weighted by Crippen LogP contribution is -2.38. The highest BCUT2D eigenvalue weighted by atomic mass is 16.6. The van der Waals surface area contributed by atoms with Crippen molar-refractivity contribution in [3.8, 4) is 0 Å². The molecule has 3 N–H and O–H groups in total. The van der Waals surface area contributed by atoms with E-state index in [1.165, 1.54) is 0 Å². The summed E-state index contributed by atoms with van der Waals surface area (Å²) in [6.07, 6.45) is -1.90. The monoisotopic (exact) mass is 218 g/mol. The van der Waals surface area contributed by atoms with E-state index in [0.29, 0.717) is 0 Å². The Morgan fingerprint density at radius 2 is 1.93 bits per heavy atom. The lowest BCUT2D eigenvalue weighted by Gasteiger charge is -2.20. The number of ether oxygens (including phenoxy) is 2. The van der Waals surface area contributed by atoms with Crippen molar-refractivity contribution >= 4 is 12.2 Å². The second-order valence-corrected chi connectivity index (χ2v) is 4.13. The highest BCUT2D eigenvalue weighted by Crippen LogP contribution is 2.06. The standard InChI is InChI=1S/C9H18N2O4/c1-6(14-7(10)12)5-11-8(13)15-9(2,3)4/h6H,5H2,1-4H3,(H2,10,12)(H,11,13)/t6-/m0/s1. The molecule has 0 unspecified atom stereocenters. The number of amides is 2. The van der Waals surface area contributed by atoms with Crippen molar-refractivity contribution in [2.24, 2.45) is 5.73 Å². The Bertz CT molecular complexity index is 235. The SMILES string of the molecule is C[C@@H](CNC(=O)OC(C)(C)C)OC(N)=O. The van der Waals surface area contributed by atoms with Gasteiger partial charge in [0.1, 0.15) is 11.7 Å². The summed E-state index contributed by atoms with van der Waals surface area (Å²) in [6.45, 7) is 7.06. The summed E-state index contributed by atoms with van der Waals surface area (Å²) in [6, 6.07) is 0. The van der Waals surface area contributed by atoms with Gasteiger partial charge in [-0.3, -0.25) is 0 Å². The maximum absolute atomic E-state index is 11.1. The molecule has 1 atom stereocenters. The van der Waals surface area contributed by atoms with Gasteiger partial charge >= 0.3 is 12.2 Å². The van der Waals surface area contributed by atoms with Crippen LogP contribution in [0, 0.1) is 0 Å². The zero-order chi connectivity index (χ0) is 12.1. The maximum atomic E-state index is 11.1. The fourth-order valence-corrected chi connectivity index (χ4v) is 0.781. The molecule has 0 saturated carbocycles. The van der Waals surface area contributed by atoms with E-state index in [0.717, 1.165) is 0 Å². The normalized spacial score (nSPS) is 12.8. The zero-order valence-corrected chi connectivity index (χ0v) is 9.49. The first-order valence-corrected chi connectivity index (χ1v) is 4.63. The quantitative estimate of drug-likeness (QED) is 0.739. The molecule has 0 aromatic carbocycles. The second kappa shape index (κ2) is 5.43. The van der Waals surface area contributed by atoms with E-state index in [9.17, 15) is 9.59 Å². The van der Waals surface area contributed by atoms with E-state index in [1.807, 2.05) is 0 Å². The average Bonchev–Trinajstić information content (AvgIpc) is 1.96. The van der Waals surface area contributed by atoms with Gasteiger partial charge in [0.2, 0.25) is 0 Å². The Labute approximate surface area is 89.1 Å². The third-order valence-corrected chi connectivity index (χ3v) is 1.25. The predicted octanol–water partition coefficient (Wildman–Crippen LogP) is 0.995. The van der Waals surface area contributed by atoms with Gasteiger partial charge in [-0.15, -0.1) is 0 Å². The number of nitrogens with two attached hydrogens (primary N) is 1. The number of carbonyl (C=O) groups excluding carboxylic acids is 2. The Kier molecular flexibility index (Phi) is 4.90. The van der Waals surface area contributed by atoms with Crippen LogP contribution in [0.1, 0.15) is 27.7 Å². The third kappa shape index (κ3) is 8.86. The number of hydrogen-bond donors (Lipinski definition) is 2. The highest BCUT2D eigenvalue weighted by Gasteiger charge is 2.16. The van der Waals surface area contributed by atoms with Gasteiger partial charge in [-0.05, 0) is 27.7 Å². The van der Waals surface area contributed by atoms with Crippen LogP contribution in [-0.2, 0) is 9.47 Å². The third-order valence-electron chi connectivity index (χ3n) is 1.25. The summed E-state index contributed by atoms with van der Waals surface area (Å²) in [4.78, 5) is 21.5. The van der Waals surface area contributed by atoms with Gasteiger partial charge in [0.25, 0.3) is 0 Å².